The van der Waals surface area contributed by atoms with Crippen LogP contribution in [0, 0.1) is 0 Å². The molecule has 2 amide bonds. The molecule has 1 aliphatic heterocycles. The molecule has 0 aliphatic carbocycles. The number of fused-ring (bicyclic) bond motifs is 1. The fraction of sp³-hybridized carbons (Fsp3) is 0.0625. The van der Waals surface area contributed by atoms with Crippen LogP contribution in [0.5, 0.6) is 0 Å². The predicted octanol–water partition coefficient (Wildman–Crippen LogP) is 2.21. The van der Waals surface area contributed by atoms with E-state index in [1.807, 2.05) is 30.3 Å². The van der Waals surface area contributed by atoms with Crippen molar-refractivity contribution in [2.24, 2.45) is 0 Å². The van der Waals surface area contributed by atoms with Crippen molar-refractivity contribution in [3.63, 3.8) is 0 Å². The van der Waals surface area contributed by atoms with E-state index in [0.717, 1.165) is 10.6 Å². The number of amides is 2. The molecule has 0 unspecified atom stereocenters. The van der Waals surface area contributed by atoms with Crippen LogP contribution in [-0.4, -0.2) is 28.9 Å². The first kappa shape index (κ1) is 14.4. The fourth-order valence-corrected chi connectivity index (χ4v) is 2.74. The summed E-state index contributed by atoms with van der Waals surface area (Å²) >= 11 is 5.37. The maximum Gasteiger partial charge on any atom is 0.268 e. The van der Waals surface area contributed by atoms with Crippen LogP contribution >= 0.6 is 12.2 Å². The maximum absolute atomic E-state index is 12.5. The van der Waals surface area contributed by atoms with E-state index in [-0.39, 0.29) is 5.11 Å². The molecule has 0 radical (unpaired) electrons. The summed E-state index contributed by atoms with van der Waals surface area (Å²) in [5, 5.41) is 1.62. The van der Waals surface area contributed by atoms with Crippen molar-refractivity contribution in [1.29, 1.82) is 0 Å². The summed E-state index contributed by atoms with van der Waals surface area (Å²) in [7, 11) is 1.68. The number of benzene rings is 2. The molecule has 0 atom stereocenters. The quantitative estimate of drug-likeness (QED) is 0.523. The second kappa shape index (κ2) is 5.67. The van der Waals surface area contributed by atoms with Crippen LogP contribution in [-0.2, 0) is 0 Å². The Morgan fingerprint density at radius 2 is 1.45 bits per heavy atom. The van der Waals surface area contributed by atoms with Gasteiger partial charge in [-0.1, -0.05) is 30.3 Å². The minimum Gasteiger partial charge on any atom is -0.268 e. The third-order valence-electron chi connectivity index (χ3n) is 3.41. The molecular weight excluding hydrogens is 298 g/mol. The van der Waals surface area contributed by atoms with Crippen molar-refractivity contribution in [2.75, 3.05) is 12.1 Å². The summed E-state index contributed by atoms with van der Waals surface area (Å²) in [5.41, 5.74) is 4.40. The van der Waals surface area contributed by atoms with Crippen LogP contribution in [0.2, 0.25) is 0 Å². The normalized spacial score (nSPS) is 13.2. The Morgan fingerprint density at radius 3 is 1.95 bits per heavy atom. The zero-order valence-electron chi connectivity index (χ0n) is 11.8. The third kappa shape index (κ3) is 2.18. The number of anilines is 1. The van der Waals surface area contributed by atoms with Gasteiger partial charge in [-0.05, 0) is 36.5 Å². The summed E-state index contributed by atoms with van der Waals surface area (Å²) in [6, 6.07) is 16.0. The third-order valence-corrected chi connectivity index (χ3v) is 3.78. The number of hydrogen-bond donors (Lipinski definition) is 1. The molecule has 1 aliphatic rings. The summed E-state index contributed by atoms with van der Waals surface area (Å²) < 4.78 is 0. The van der Waals surface area contributed by atoms with Crippen molar-refractivity contribution < 1.29 is 9.59 Å². The molecule has 0 bridgehead atoms. The molecule has 3 rings (SSSR count). The summed E-state index contributed by atoms with van der Waals surface area (Å²) in [5.74, 6) is -0.802. The molecule has 2 aromatic carbocycles. The second-order valence-corrected chi connectivity index (χ2v) is 5.03. The monoisotopic (exact) mass is 311 g/mol. The van der Waals surface area contributed by atoms with E-state index >= 15 is 0 Å². The molecule has 0 spiro atoms. The Labute approximate surface area is 133 Å². The van der Waals surface area contributed by atoms with Gasteiger partial charge in [0.25, 0.3) is 11.8 Å². The molecule has 1 heterocycles. The lowest BCUT2D eigenvalue weighted by molar-refractivity contribution is 0.0749. The first-order valence-electron chi connectivity index (χ1n) is 6.69. The molecule has 110 valence electrons. The lowest BCUT2D eigenvalue weighted by atomic mass is 10.1. The van der Waals surface area contributed by atoms with Gasteiger partial charge in [-0.3, -0.25) is 14.6 Å². The Kier molecular flexibility index (Phi) is 3.70. The minimum atomic E-state index is -0.401. The number of para-hydroxylation sites is 1. The molecule has 22 heavy (non-hydrogen) atoms. The Morgan fingerprint density at radius 1 is 0.955 bits per heavy atom. The van der Waals surface area contributed by atoms with Gasteiger partial charge in [0.05, 0.1) is 16.8 Å². The average Bonchev–Trinajstić information content (AvgIpc) is 2.81. The number of nitrogens with one attached hydrogen (secondary N) is 1. The Hall–Kier alpha value is -2.57. The van der Waals surface area contributed by atoms with Gasteiger partial charge in [0.2, 0.25) is 5.11 Å². The maximum atomic E-state index is 12.5. The van der Waals surface area contributed by atoms with Gasteiger partial charge in [-0.25, -0.2) is 10.3 Å². The van der Waals surface area contributed by atoms with Crippen molar-refractivity contribution >= 4 is 34.8 Å². The number of imide groups is 1. The standard InChI is InChI=1S/C16H13N3O2S/c1-17-19(11-7-3-2-4-8-11)16(22)18-14(20)12-9-5-6-10-13(12)15(18)21/h2-10,17H,1H3. The number of carbonyl (C=O) groups is 2. The minimum absolute atomic E-state index is 0.0971. The number of nitrogens with zero attached hydrogens (tertiary/aromatic N) is 2. The molecule has 0 saturated carbocycles. The Balaban J connectivity index is 1.96. The molecule has 0 saturated heterocycles. The molecule has 0 aromatic heterocycles. The lowest BCUT2D eigenvalue weighted by Crippen LogP contribution is -2.51. The predicted molar refractivity (Wildman–Crippen MR) is 87.5 cm³/mol. The first-order valence-corrected chi connectivity index (χ1v) is 7.10. The summed E-state index contributed by atoms with van der Waals surface area (Å²) in [6.07, 6.45) is 0. The fourth-order valence-electron chi connectivity index (χ4n) is 2.38. The van der Waals surface area contributed by atoms with Crippen molar-refractivity contribution in [3.05, 3.63) is 65.7 Å². The highest BCUT2D eigenvalue weighted by molar-refractivity contribution is 7.80. The molecule has 5 nitrogen and oxygen atoms in total. The van der Waals surface area contributed by atoms with Crippen LogP contribution in [0.1, 0.15) is 20.7 Å². The zero-order valence-corrected chi connectivity index (χ0v) is 12.6. The number of carbonyl (C=O) groups excluding carboxylic acids is 2. The van der Waals surface area contributed by atoms with E-state index in [4.69, 9.17) is 12.2 Å². The molecule has 0 fully saturated rings. The largest absolute Gasteiger partial charge is 0.268 e. The van der Waals surface area contributed by atoms with Crippen LogP contribution in [0.15, 0.2) is 54.6 Å². The van der Waals surface area contributed by atoms with E-state index in [1.165, 1.54) is 5.01 Å². The van der Waals surface area contributed by atoms with Gasteiger partial charge in [-0.15, -0.1) is 0 Å². The number of hydrogen-bond acceptors (Lipinski definition) is 4. The van der Waals surface area contributed by atoms with Gasteiger partial charge < -0.3 is 0 Å². The topological polar surface area (TPSA) is 52.6 Å². The van der Waals surface area contributed by atoms with Gasteiger partial charge in [-0.2, -0.15) is 0 Å². The smallest absolute Gasteiger partial charge is 0.268 e. The van der Waals surface area contributed by atoms with Crippen LogP contribution in [0.25, 0.3) is 0 Å². The molecule has 1 N–H and O–H groups in total. The number of hydrazine groups is 1. The lowest BCUT2D eigenvalue weighted by Gasteiger charge is -2.27. The van der Waals surface area contributed by atoms with Crippen molar-refractivity contribution in [3.8, 4) is 0 Å². The summed E-state index contributed by atoms with van der Waals surface area (Å²) in [6.45, 7) is 0. The van der Waals surface area contributed by atoms with Gasteiger partial charge in [0.15, 0.2) is 0 Å². The van der Waals surface area contributed by atoms with Gasteiger partial charge in [0.1, 0.15) is 0 Å². The molecule has 6 heteroatoms. The van der Waals surface area contributed by atoms with Crippen LogP contribution in [0.3, 0.4) is 0 Å². The highest BCUT2D eigenvalue weighted by atomic mass is 32.1. The first-order chi connectivity index (χ1) is 10.6. The van der Waals surface area contributed by atoms with Crippen LogP contribution in [0.4, 0.5) is 5.69 Å². The van der Waals surface area contributed by atoms with E-state index in [0.29, 0.717) is 11.1 Å². The van der Waals surface area contributed by atoms with E-state index in [1.54, 1.807) is 31.3 Å². The van der Waals surface area contributed by atoms with Gasteiger partial charge in [0, 0.05) is 7.05 Å². The SMILES string of the molecule is CNN(C(=S)N1C(=O)c2ccccc2C1=O)c1ccccc1. The highest BCUT2D eigenvalue weighted by Gasteiger charge is 2.39. The second-order valence-electron chi connectivity index (χ2n) is 4.67. The van der Waals surface area contributed by atoms with Crippen molar-refractivity contribution in [1.82, 2.24) is 10.3 Å². The van der Waals surface area contributed by atoms with Crippen molar-refractivity contribution in [2.45, 2.75) is 0 Å². The molecular formula is C16H13N3O2S. The van der Waals surface area contributed by atoms with E-state index < -0.39 is 11.8 Å². The number of rotatable bonds is 2. The van der Waals surface area contributed by atoms with E-state index in [2.05, 4.69) is 5.43 Å². The van der Waals surface area contributed by atoms with Gasteiger partial charge >= 0.3 is 0 Å². The average molecular weight is 311 g/mol. The zero-order chi connectivity index (χ0) is 15.7. The molecule has 2 aromatic rings. The van der Waals surface area contributed by atoms with E-state index in [9.17, 15) is 9.59 Å². The highest BCUT2D eigenvalue weighted by Crippen LogP contribution is 2.25. The van der Waals surface area contributed by atoms with Crippen LogP contribution < -0.4 is 10.4 Å². The Bertz CT molecular complexity index is 726. The number of thiocarbonyl (C=S) groups is 1. The summed E-state index contributed by atoms with van der Waals surface area (Å²) in [4.78, 5) is 25.9.